The summed E-state index contributed by atoms with van der Waals surface area (Å²) in [6, 6.07) is 11.1. The number of nitrogens with one attached hydrogen (secondary N) is 2. The van der Waals surface area contributed by atoms with Gasteiger partial charge < -0.3 is 20.4 Å². The van der Waals surface area contributed by atoms with Crippen LogP contribution in [0.25, 0.3) is 11.3 Å². The molecule has 9 heteroatoms. The average molecular weight is 513 g/mol. The third-order valence-electron chi connectivity index (χ3n) is 6.33. The van der Waals surface area contributed by atoms with Crippen molar-refractivity contribution in [3.8, 4) is 17.0 Å². The third-order valence-corrected chi connectivity index (χ3v) is 6.33. The number of amides is 2. The Hall–Kier alpha value is -4.66. The van der Waals surface area contributed by atoms with E-state index in [1.165, 1.54) is 0 Å². The van der Waals surface area contributed by atoms with E-state index in [2.05, 4.69) is 29.5 Å². The molecule has 9 nitrogen and oxygen atoms in total. The molecule has 0 unspecified atom stereocenters. The number of nitrogens with two attached hydrogens (primary N) is 1. The van der Waals surface area contributed by atoms with Gasteiger partial charge in [0, 0.05) is 36.9 Å². The molecule has 2 aromatic heterocycles. The Bertz CT molecular complexity index is 1490. The maximum absolute atomic E-state index is 13.0. The zero-order valence-electron chi connectivity index (χ0n) is 22.3. The Morgan fingerprint density at radius 3 is 2.37 bits per heavy atom. The molecule has 4 N–H and O–H groups in total. The smallest absolute Gasteiger partial charge is 0.408 e. The van der Waals surface area contributed by atoms with Gasteiger partial charge in [-0.3, -0.25) is 10.1 Å². The molecule has 0 radical (unpaired) electrons. The predicted octanol–water partition coefficient (Wildman–Crippen LogP) is 5.68. The number of hydrogen-bond donors (Lipinski definition) is 3. The number of hydrogen-bond acceptors (Lipinski definition) is 6. The monoisotopic (exact) mass is 512 g/mol. The normalized spacial score (nSPS) is 10.8. The largest absolute Gasteiger partial charge is 0.417 e. The number of carbonyl (C=O) groups excluding carboxylic acids is 2. The molecule has 0 bridgehead atoms. The highest BCUT2D eigenvalue weighted by Gasteiger charge is 2.19. The quantitative estimate of drug-likeness (QED) is 0.279. The number of aryl methyl sites for hydroxylation is 5. The summed E-state index contributed by atoms with van der Waals surface area (Å²) in [5, 5.41) is 6.15. The van der Waals surface area contributed by atoms with Crippen LogP contribution in [0.4, 0.5) is 22.1 Å². The molecule has 0 spiro atoms. The van der Waals surface area contributed by atoms with E-state index in [1.54, 1.807) is 30.6 Å². The number of aromatic nitrogens is 3. The van der Waals surface area contributed by atoms with Gasteiger partial charge in [-0.2, -0.15) is 0 Å². The highest BCUT2D eigenvalue weighted by atomic mass is 16.6. The highest BCUT2D eigenvalue weighted by molar-refractivity contribution is 5.93. The lowest BCUT2D eigenvalue weighted by atomic mass is 10.0. The second-order valence-electron chi connectivity index (χ2n) is 9.12. The molecule has 0 aliphatic carbocycles. The van der Waals surface area contributed by atoms with Crippen LogP contribution in [0.15, 0.2) is 55.0 Å². The Labute approximate surface area is 222 Å². The van der Waals surface area contributed by atoms with Crippen molar-refractivity contribution in [2.75, 3.05) is 10.6 Å². The fourth-order valence-electron chi connectivity index (χ4n) is 4.30. The second kappa shape index (κ2) is 11.2. The Balaban J connectivity index is 1.61. The van der Waals surface area contributed by atoms with Crippen LogP contribution in [0.5, 0.6) is 5.75 Å². The Morgan fingerprint density at radius 2 is 1.74 bits per heavy atom. The van der Waals surface area contributed by atoms with Crippen LogP contribution in [-0.4, -0.2) is 26.5 Å². The van der Waals surface area contributed by atoms with Crippen molar-refractivity contribution < 1.29 is 14.3 Å². The van der Waals surface area contributed by atoms with Crippen LogP contribution < -0.4 is 21.1 Å². The van der Waals surface area contributed by atoms with Crippen molar-refractivity contribution in [1.82, 2.24) is 14.5 Å². The summed E-state index contributed by atoms with van der Waals surface area (Å²) in [4.78, 5) is 33.6. The minimum atomic E-state index is -0.566. The molecule has 0 saturated carbocycles. The lowest BCUT2D eigenvalue weighted by molar-refractivity contribution is 0.1000. The zero-order chi connectivity index (χ0) is 27.4. The van der Waals surface area contributed by atoms with Gasteiger partial charge in [0.2, 0.25) is 11.9 Å². The van der Waals surface area contributed by atoms with Gasteiger partial charge >= 0.3 is 6.09 Å². The predicted molar refractivity (Wildman–Crippen MR) is 149 cm³/mol. The van der Waals surface area contributed by atoms with Gasteiger partial charge in [-0.1, -0.05) is 32.0 Å². The fourth-order valence-corrected chi connectivity index (χ4v) is 4.30. The maximum Gasteiger partial charge on any atom is 0.417 e. The van der Waals surface area contributed by atoms with Crippen LogP contribution >= 0.6 is 0 Å². The van der Waals surface area contributed by atoms with Crippen LogP contribution in [0.2, 0.25) is 0 Å². The molecule has 0 aliphatic heterocycles. The van der Waals surface area contributed by atoms with E-state index < -0.39 is 12.0 Å². The molecule has 4 rings (SSSR count). The van der Waals surface area contributed by atoms with E-state index in [-0.39, 0.29) is 0 Å². The minimum absolute atomic E-state index is 0.365. The first kappa shape index (κ1) is 26.4. The number of primary amides is 1. The summed E-state index contributed by atoms with van der Waals surface area (Å²) in [5.41, 5.74) is 12.4. The third kappa shape index (κ3) is 5.67. The van der Waals surface area contributed by atoms with E-state index in [9.17, 15) is 9.59 Å². The second-order valence-corrected chi connectivity index (χ2v) is 9.12. The summed E-state index contributed by atoms with van der Waals surface area (Å²) in [5.74, 6) is 0.259. The molecule has 4 aromatic rings. The topological polar surface area (TPSA) is 124 Å². The molecule has 196 valence electrons. The highest BCUT2D eigenvalue weighted by Crippen LogP contribution is 2.33. The van der Waals surface area contributed by atoms with Crippen molar-refractivity contribution in [1.29, 1.82) is 0 Å². The van der Waals surface area contributed by atoms with Gasteiger partial charge in [0.1, 0.15) is 0 Å². The summed E-state index contributed by atoms with van der Waals surface area (Å²) in [7, 11) is 1.86. The maximum atomic E-state index is 13.0. The van der Waals surface area contributed by atoms with Crippen LogP contribution in [-0.2, 0) is 19.9 Å². The number of nitrogens with zero attached hydrogens (tertiary/aromatic N) is 3. The zero-order valence-corrected chi connectivity index (χ0v) is 22.3. The fraction of sp³-hybridized carbons (Fsp3) is 0.241. The van der Waals surface area contributed by atoms with Crippen LogP contribution in [0.1, 0.15) is 46.5 Å². The van der Waals surface area contributed by atoms with Gasteiger partial charge in [0.05, 0.1) is 16.9 Å². The molecule has 0 aliphatic rings. The molecular weight excluding hydrogens is 480 g/mol. The van der Waals surface area contributed by atoms with Crippen molar-refractivity contribution in [3.63, 3.8) is 0 Å². The average Bonchev–Trinajstić information content (AvgIpc) is 3.25. The molecule has 0 atom stereocenters. The Morgan fingerprint density at radius 1 is 1.03 bits per heavy atom. The molecule has 0 fully saturated rings. The van der Waals surface area contributed by atoms with Crippen molar-refractivity contribution in [3.05, 3.63) is 82.8 Å². The van der Waals surface area contributed by atoms with Crippen LogP contribution in [0.3, 0.4) is 0 Å². The van der Waals surface area contributed by atoms with Gasteiger partial charge in [0.15, 0.2) is 5.75 Å². The minimum Gasteiger partial charge on any atom is -0.408 e. The van der Waals surface area contributed by atoms with Gasteiger partial charge in [-0.25, -0.2) is 14.8 Å². The van der Waals surface area contributed by atoms with E-state index in [0.717, 1.165) is 46.5 Å². The molecular formula is C29H32N6O3. The summed E-state index contributed by atoms with van der Waals surface area (Å²) in [6.45, 7) is 7.87. The number of ether oxygens (including phenoxy) is 1. The first-order valence-corrected chi connectivity index (χ1v) is 12.5. The van der Waals surface area contributed by atoms with Crippen LogP contribution in [0, 0.1) is 13.8 Å². The molecule has 38 heavy (non-hydrogen) atoms. The lowest BCUT2D eigenvalue weighted by Crippen LogP contribution is -2.19. The van der Waals surface area contributed by atoms with E-state index in [4.69, 9.17) is 15.5 Å². The van der Waals surface area contributed by atoms with E-state index >= 15 is 0 Å². The van der Waals surface area contributed by atoms with Gasteiger partial charge in [-0.05, 0) is 67.1 Å². The SMILES string of the molecule is CCc1cccc(CC)c1NC(=O)Oc1cn(C)cc1-c1nc(Nc2ccc(C(N)=O)cc2C)ncc1C. The number of carbonyl (C=O) groups is 2. The molecule has 2 heterocycles. The molecule has 2 aromatic carbocycles. The van der Waals surface area contributed by atoms with Crippen molar-refractivity contribution in [2.45, 2.75) is 40.5 Å². The van der Waals surface area contributed by atoms with Crippen molar-refractivity contribution in [2.24, 2.45) is 12.8 Å². The van der Waals surface area contributed by atoms with E-state index in [0.29, 0.717) is 28.5 Å². The first-order valence-electron chi connectivity index (χ1n) is 12.5. The molecule has 2 amide bonds. The summed E-state index contributed by atoms with van der Waals surface area (Å²) >= 11 is 0. The number of para-hydroxylation sites is 1. The molecule has 0 saturated heterocycles. The number of anilines is 3. The van der Waals surface area contributed by atoms with E-state index in [1.807, 2.05) is 49.9 Å². The first-order chi connectivity index (χ1) is 18.2. The van der Waals surface area contributed by atoms with Gasteiger partial charge in [0.25, 0.3) is 0 Å². The summed E-state index contributed by atoms with van der Waals surface area (Å²) < 4.78 is 7.61. The summed E-state index contributed by atoms with van der Waals surface area (Å²) in [6.07, 6.45) is 6.32. The Kier molecular flexibility index (Phi) is 7.76. The van der Waals surface area contributed by atoms with Crippen molar-refractivity contribution >= 4 is 29.3 Å². The number of rotatable bonds is 8. The standard InChI is InChI=1S/C29H32N6O3/c1-6-19-9-8-10-20(7-2)26(19)34-29(37)38-24-16-35(5)15-22(24)25-18(4)14-31-28(33-25)32-23-12-11-21(27(30)36)13-17(23)3/h8-16H,6-7H2,1-5H3,(H2,30,36)(H,34,37)(H,31,32,33). The lowest BCUT2D eigenvalue weighted by Gasteiger charge is -2.15. The number of benzene rings is 2. The van der Waals surface area contributed by atoms with Gasteiger partial charge in [-0.15, -0.1) is 0 Å².